The minimum absolute atomic E-state index is 0.137. The van der Waals surface area contributed by atoms with Crippen LogP contribution in [-0.2, 0) is 4.79 Å². The Kier molecular flexibility index (Phi) is 5.17. The molecule has 1 aromatic rings. The van der Waals surface area contributed by atoms with Crippen molar-refractivity contribution >= 4 is 17.7 Å². The minimum Gasteiger partial charge on any atom is -0.337 e. The van der Waals surface area contributed by atoms with Crippen molar-refractivity contribution in [2.75, 3.05) is 5.75 Å². The molecule has 1 amide bonds. The lowest BCUT2D eigenvalue weighted by atomic mass is 9.83. The molecule has 21 heavy (non-hydrogen) atoms. The van der Waals surface area contributed by atoms with Crippen molar-refractivity contribution in [2.24, 2.45) is 0 Å². The van der Waals surface area contributed by atoms with Crippen LogP contribution in [0.1, 0.15) is 52.0 Å². The van der Waals surface area contributed by atoms with Crippen LogP contribution in [0.15, 0.2) is 5.16 Å². The van der Waals surface area contributed by atoms with Crippen molar-refractivity contribution < 1.29 is 4.79 Å². The second kappa shape index (κ2) is 6.89. The van der Waals surface area contributed by atoms with E-state index in [9.17, 15) is 10.1 Å². The summed E-state index contributed by atoms with van der Waals surface area (Å²) in [5.41, 5.74) is -0.681. The van der Waals surface area contributed by atoms with Gasteiger partial charge in [-0.15, -0.1) is 5.10 Å². The molecule has 1 heterocycles. The summed E-state index contributed by atoms with van der Waals surface area (Å²) in [4.78, 5) is 12.1. The van der Waals surface area contributed by atoms with Gasteiger partial charge in [0.2, 0.25) is 11.1 Å². The normalized spacial score (nSPS) is 17.4. The number of carbonyl (C=O) groups excluding carboxylic acids is 1. The molecule has 7 nitrogen and oxygen atoms in total. The molecule has 1 aliphatic carbocycles. The van der Waals surface area contributed by atoms with Gasteiger partial charge in [0.15, 0.2) is 0 Å². The zero-order valence-corrected chi connectivity index (χ0v) is 13.2. The van der Waals surface area contributed by atoms with Crippen LogP contribution in [0.3, 0.4) is 0 Å². The lowest BCUT2D eigenvalue weighted by Gasteiger charge is -2.31. The van der Waals surface area contributed by atoms with Crippen LogP contribution < -0.4 is 5.32 Å². The summed E-state index contributed by atoms with van der Waals surface area (Å²) in [5, 5.41) is 24.3. The molecule has 1 saturated carbocycles. The standard InChI is InChI=1S/C13H20N6OS/c1-10(2)19-12(16-17-18-19)21-8-11(20)15-13(9-14)6-4-3-5-7-13/h10H,3-8H2,1-2H3,(H,15,20). The molecule has 2 rings (SSSR count). The van der Waals surface area contributed by atoms with Crippen molar-refractivity contribution in [1.29, 1.82) is 5.26 Å². The summed E-state index contributed by atoms with van der Waals surface area (Å²) in [6, 6.07) is 2.43. The average molecular weight is 308 g/mol. The third-order valence-electron chi connectivity index (χ3n) is 3.58. The number of rotatable bonds is 5. The molecular weight excluding hydrogens is 288 g/mol. The maximum Gasteiger partial charge on any atom is 0.231 e. The maximum absolute atomic E-state index is 12.1. The predicted molar refractivity (Wildman–Crippen MR) is 78.5 cm³/mol. The van der Waals surface area contributed by atoms with Gasteiger partial charge >= 0.3 is 0 Å². The number of amides is 1. The second-order valence-corrected chi connectivity index (χ2v) is 6.53. The number of nitriles is 1. The van der Waals surface area contributed by atoms with E-state index < -0.39 is 5.54 Å². The smallest absolute Gasteiger partial charge is 0.231 e. The van der Waals surface area contributed by atoms with Gasteiger partial charge in [-0.2, -0.15) is 5.26 Å². The zero-order chi connectivity index (χ0) is 15.3. The van der Waals surface area contributed by atoms with E-state index in [2.05, 4.69) is 26.9 Å². The second-order valence-electron chi connectivity index (χ2n) is 5.59. The number of hydrogen-bond acceptors (Lipinski definition) is 6. The van der Waals surface area contributed by atoms with Crippen molar-refractivity contribution in [3.8, 4) is 6.07 Å². The fourth-order valence-corrected chi connectivity index (χ4v) is 3.26. The molecular formula is C13H20N6OS. The molecule has 8 heteroatoms. The Bertz CT molecular complexity index is 529. The van der Waals surface area contributed by atoms with Gasteiger partial charge in [-0.25, -0.2) is 4.68 Å². The Morgan fingerprint density at radius 2 is 2.19 bits per heavy atom. The molecule has 0 radical (unpaired) electrons. The van der Waals surface area contributed by atoms with Crippen LogP contribution in [-0.4, -0.2) is 37.4 Å². The first kappa shape index (κ1) is 15.8. The van der Waals surface area contributed by atoms with Gasteiger partial charge in [0.25, 0.3) is 0 Å². The average Bonchev–Trinajstić information content (AvgIpc) is 2.95. The number of hydrogen-bond donors (Lipinski definition) is 1. The maximum atomic E-state index is 12.1. The molecule has 1 aromatic heterocycles. The molecule has 0 bridgehead atoms. The topological polar surface area (TPSA) is 96.5 Å². The Labute approximate surface area is 128 Å². The molecule has 1 N–H and O–H groups in total. The minimum atomic E-state index is -0.681. The van der Waals surface area contributed by atoms with E-state index >= 15 is 0 Å². The highest BCUT2D eigenvalue weighted by molar-refractivity contribution is 7.99. The summed E-state index contributed by atoms with van der Waals surface area (Å²) in [7, 11) is 0. The first-order valence-electron chi connectivity index (χ1n) is 7.19. The van der Waals surface area contributed by atoms with Crippen molar-refractivity contribution in [1.82, 2.24) is 25.5 Å². The third kappa shape index (κ3) is 3.94. The molecule has 0 atom stereocenters. The highest BCUT2D eigenvalue weighted by Crippen LogP contribution is 2.27. The predicted octanol–water partition coefficient (Wildman–Crippen LogP) is 1.69. The number of nitrogens with one attached hydrogen (secondary N) is 1. The van der Waals surface area contributed by atoms with Crippen molar-refractivity contribution in [3.05, 3.63) is 0 Å². The van der Waals surface area contributed by atoms with E-state index in [1.165, 1.54) is 11.8 Å². The molecule has 0 aliphatic heterocycles. The number of nitrogens with zero attached hydrogens (tertiary/aromatic N) is 5. The van der Waals surface area contributed by atoms with Crippen LogP contribution in [0.4, 0.5) is 0 Å². The van der Waals surface area contributed by atoms with Crippen LogP contribution in [0.25, 0.3) is 0 Å². The van der Waals surface area contributed by atoms with E-state index in [4.69, 9.17) is 0 Å². The van der Waals surface area contributed by atoms with E-state index in [1.807, 2.05) is 13.8 Å². The Morgan fingerprint density at radius 1 is 1.48 bits per heavy atom. The van der Waals surface area contributed by atoms with E-state index in [0.717, 1.165) is 32.1 Å². The van der Waals surface area contributed by atoms with Crippen LogP contribution in [0.2, 0.25) is 0 Å². The largest absolute Gasteiger partial charge is 0.337 e. The Balaban J connectivity index is 1.90. The molecule has 114 valence electrons. The lowest BCUT2D eigenvalue weighted by Crippen LogP contribution is -2.49. The Hall–Kier alpha value is -1.62. The quantitative estimate of drug-likeness (QED) is 0.831. The van der Waals surface area contributed by atoms with Crippen molar-refractivity contribution in [3.63, 3.8) is 0 Å². The number of thioether (sulfide) groups is 1. The molecule has 0 spiro atoms. The summed E-state index contributed by atoms with van der Waals surface area (Å²) in [5.74, 6) is 0.0815. The summed E-state index contributed by atoms with van der Waals surface area (Å²) < 4.78 is 1.68. The lowest BCUT2D eigenvalue weighted by molar-refractivity contribution is -0.120. The molecule has 0 unspecified atom stereocenters. The van der Waals surface area contributed by atoms with Crippen LogP contribution >= 0.6 is 11.8 Å². The van der Waals surface area contributed by atoms with Crippen molar-refractivity contribution in [2.45, 2.75) is 62.7 Å². The SMILES string of the molecule is CC(C)n1nnnc1SCC(=O)NC1(C#N)CCCCC1. The summed E-state index contributed by atoms with van der Waals surface area (Å²) >= 11 is 1.29. The molecule has 0 aromatic carbocycles. The first-order chi connectivity index (χ1) is 10.1. The number of carbonyl (C=O) groups is 1. The van der Waals surface area contributed by atoms with E-state index in [-0.39, 0.29) is 17.7 Å². The first-order valence-corrected chi connectivity index (χ1v) is 8.18. The van der Waals surface area contributed by atoms with Gasteiger partial charge in [0.1, 0.15) is 5.54 Å². The van der Waals surface area contributed by atoms with Gasteiger partial charge < -0.3 is 5.32 Å². The van der Waals surface area contributed by atoms with E-state index in [0.29, 0.717) is 5.16 Å². The highest BCUT2D eigenvalue weighted by Gasteiger charge is 2.33. The van der Waals surface area contributed by atoms with Gasteiger partial charge in [-0.1, -0.05) is 31.0 Å². The Morgan fingerprint density at radius 3 is 2.81 bits per heavy atom. The third-order valence-corrected chi connectivity index (χ3v) is 4.52. The van der Waals surface area contributed by atoms with Gasteiger partial charge in [-0.3, -0.25) is 4.79 Å². The number of aromatic nitrogens is 4. The molecule has 1 aliphatic rings. The number of tetrazole rings is 1. The molecule has 0 saturated heterocycles. The molecule has 1 fully saturated rings. The summed E-state index contributed by atoms with van der Waals surface area (Å²) in [6.07, 6.45) is 4.60. The fraction of sp³-hybridized carbons (Fsp3) is 0.769. The van der Waals surface area contributed by atoms with Crippen LogP contribution in [0.5, 0.6) is 0 Å². The monoisotopic (exact) mass is 308 g/mol. The zero-order valence-electron chi connectivity index (χ0n) is 12.4. The summed E-state index contributed by atoms with van der Waals surface area (Å²) in [6.45, 7) is 3.96. The van der Waals surface area contributed by atoms with Crippen LogP contribution in [0, 0.1) is 11.3 Å². The van der Waals surface area contributed by atoms with E-state index in [1.54, 1.807) is 4.68 Å². The highest BCUT2D eigenvalue weighted by atomic mass is 32.2. The fourth-order valence-electron chi connectivity index (χ4n) is 2.46. The van der Waals surface area contributed by atoms with Gasteiger partial charge in [-0.05, 0) is 37.1 Å². The van der Waals surface area contributed by atoms with Gasteiger partial charge in [0, 0.05) is 0 Å². The van der Waals surface area contributed by atoms with Gasteiger partial charge in [0.05, 0.1) is 17.9 Å².